The van der Waals surface area contributed by atoms with Crippen LogP contribution in [-0.2, 0) is 5.41 Å². The van der Waals surface area contributed by atoms with E-state index in [1.165, 1.54) is 5.75 Å². The lowest BCUT2D eigenvalue weighted by Gasteiger charge is -2.16. The van der Waals surface area contributed by atoms with Gasteiger partial charge in [-0.1, -0.05) is 12.1 Å². The number of rotatable bonds is 1. The lowest BCUT2D eigenvalue weighted by molar-refractivity contribution is 0.373. The van der Waals surface area contributed by atoms with E-state index < -0.39 is 0 Å². The van der Waals surface area contributed by atoms with E-state index in [-0.39, 0.29) is 5.41 Å². The molecule has 1 aliphatic heterocycles. The van der Waals surface area contributed by atoms with Crippen LogP contribution in [0.15, 0.2) is 9.32 Å². The highest BCUT2D eigenvalue weighted by Gasteiger charge is 2.35. The summed E-state index contributed by atoms with van der Waals surface area (Å²) in [5.41, 5.74) is 0.125. The van der Waals surface area contributed by atoms with E-state index in [0.717, 1.165) is 18.0 Å². The van der Waals surface area contributed by atoms with Gasteiger partial charge >= 0.3 is 0 Å². The number of thioether (sulfide) groups is 1. The fraction of sp³-hybridized carbons (Fsp3) is 0.714. The molecule has 1 aromatic rings. The Morgan fingerprint density at radius 2 is 2.50 bits per heavy atom. The number of halogens is 1. The van der Waals surface area contributed by atoms with Crippen LogP contribution in [-0.4, -0.2) is 21.6 Å². The Kier molecular flexibility index (Phi) is 2.16. The molecule has 5 heteroatoms. The first kappa shape index (κ1) is 8.56. The predicted octanol–water partition coefficient (Wildman–Crippen LogP) is 2.23. The van der Waals surface area contributed by atoms with Crippen molar-refractivity contribution >= 4 is 27.7 Å². The number of hydrogen-bond acceptors (Lipinski definition) is 4. The van der Waals surface area contributed by atoms with Gasteiger partial charge in [0.25, 0.3) is 4.80 Å². The third kappa shape index (κ3) is 1.40. The highest BCUT2D eigenvalue weighted by molar-refractivity contribution is 9.10. The fourth-order valence-electron chi connectivity index (χ4n) is 1.29. The highest BCUT2D eigenvalue weighted by Crippen LogP contribution is 2.37. The second kappa shape index (κ2) is 3.03. The Hall–Kier alpha value is -0.0300. The molecule has 1 atom stereocenters. The van der Waals surface area contributed by atoms with E-state index in [1.807, 2.05) is 11.8 Å². The normalized spacial score (nSPS) is 29.5. The molecule has 0 aliphatic carbocycles. The molecule has 0 amide bonds. The number of nitrogens with zero attached hydrogens (tertiary/aromatic N) is 2. The zero-order valence-electron chi connectivity index (χ0n) is 6.71. The summed E-state index contributed by atoms with van der Waals surface area (Å²) in [5.74, 6) is 3.13. The van der Waals surface area contributed by atoms with Crippen molar-refractivity contribution in [2.45, 2.75) is 18.8 Å². The molecule has 12 heavy (non-hydrogen) atoms. The summed E-state index contributed by atoms with van der Waals surface area (Å²) in [6.07, 6.45) is 1.14. The zero-order chi connectivity index (χ0) is 8.60. The molecule has 0 saturated carbocycles. The Morgan fingerprint density at radius 1 is 1.67 bits per heavy atom. The largest absolute Gasteiger partial charge is 0.327 e. The molecule has 0 N–H and O–H groups in total. The SMILES string of the molecule is CC1(c2noc(Br)n2)CCSC1. The van der Waals surface area contributed by atoms with Crippen molar-refractivity contribution in [3.8, 4) is 0 Å². The maximum absolute atomic E-state index is 4.89. The van der Waals surface area contributed by atoms with Crippen LogP contribution in [0, 0.1) is 0 Å². The van der Waals surface area contributed by atoms with Crippen LogP contribution in [0.1, 0.15) is 19.2 Å². The summed E-state index contributed by atoms with van der Waals surface area (Å²) in [6, 6.07) is 0. The average molecular weight is 249 g/mol. The van der Waals surface area contributed by atoms with Gasteiger partial charge in [0.2, 0.25) is 0 Å². The molecule has 0 aromatic carbocycles. The Bertz CT molecular complexity index is 283. The minimum Gasteiger partial charge on any atom is -0.327 e. The molecule has 2 rings (SSSR count). The topological polar surface area (TPSA) is 38.9 Å². The molecule has 3 nitrogen and oxygen atoms in total. The fourth-order valence-corrected chi connectivity index (χ4v) is 3.00. The van der Waals surface area contributed by atoms with Crippen LogP contribution in [0.25, 0.3) is 0 Å². The average Bonchev–Trinajstić information content (AvgIpc) is 2.59. The second-order valence-electron chi connectivity index (χ2n) is 3.23. The first-order chi connectivity index (χ1) is 5.71. The third-order valence-corrected chi connectivity index (χ3v) is 3.82. The van der Waals surface area contributed by atoms with Gasteiger partial charge < -0.3 is 4.52 Å². The van der Waals surface area contributed by atoms with E-state index in [4.69, 9.17) is 4.52 Å². The van der Waals surface area contributed by atoms with Crippen LogP contribution in [0.2, 0.25) is 0 Å². The van der Waals surface area contributed by atoms with Gasteiger partial charge in [0.05, 0.1) is 0 Å². The third-order valence-electron chi connectivity index (χ3n) is 2.16. The first-order valence-corrected chi connectivity index (χ1v) is 5.73. The summed E-state index contributed by atoms with van der Waals surface area (Å²) in [7, 11) is 0. The quantitative estimate of drug-likeness (QED) is 0.765. The zero-order valence-corrected chi connectivity index (χ0v) is 9.11. The Morgan fingerprint density at radius 3 is 3.00 bits per heavy atom. The molecule has 0 bridgehead atoms. The molecule has 1 saturated heterocycles. The van der Waals surface area contributed by atoms with Crippen LogP contribution in [0.3, 0.4) is 0 Å². The van der Waals surface area contributed by atoms with E-state index in [0.29, 0.717) is 4.80 Å². The lowest BCUT2D eigenvalue weighted by Crippen LogP contribution is -2.22. The lowest BCUT2D eigenvalue weighted by atomic mass is 9.90. The van der Waals surface area contributed by atoms with Crippen LogP contribution < -0.4 is 0 Å². The molecule has 1 fully saturated rings. The van der Waals surface area contributed by atoms with Gasteiger partial charge in [-0.25, -0.2) is 0 Å². The molecular formula is C7H9BrN2OS. The predicted molar refractivity (Wildman–Crippen MR) is 51.3 cm³/mol. The summed E-state index contributed by atoms with van der Waals surface area (Å²) in [4.78, 5) is 4.67. The molecule has 0 spiro atoms. The van der Waals surface area contributed by atoms with E-state index in [1.54, 1.807) is 0 Å². The Balaban J connectivity index is 2.28. The maximum Gasteiger partial charge on any atom is 0.293 e. The minimum absolute atomic E-state index is 0.125. The number of hydrogen-bond donors (Lipinski definition) is 0. The van der Waals surface area contributed by atoms with Gasteiger partial charge in [-0.15, -0.1) is 0 Å². The molecule has 66 valence electrons. The molecule has 0 radical (unpaired) electrons. The standard InChI is InChI=1S/C7H9BrN2OS/c1-7(2-3-12-4-7)5-9-6(8)11-10-5/h2-4H2,1H3. The Labute approximate surface area is 83.4 Å². The van der Waals surface area contributed by atoms with E-state index >= 15 is 0 Å². The maximum atomic E-state index is 4.89. The highest BCUT2D eigenvalue weighted by atomic mass is 79.9. The van der Waals surface area contributed by atoms with Gasteiger partial charge in [0.15, 0.2) is 5.82 Å². The van der Waals surface area contributed by atoms with Crippen molar-refractivity contribution in [1.29, 1.82) is 0 Å². The van der Waals surface area contributed by atoms with Crippen LogP contribution in [0.4, 0.5) is 0 Å². The second-order valence-corrected chi connectivity index (χ2v) is 5.02. The molecular weight excluding hydrogens is 240 g/mol. The van der Waals surface area contributed by atoms with Gasteiger partial charge in [0.1, 0.15) is 0 Å². The number of aromatic nitrogens is 2. The van der Waals surface area contributed by atoms with Crippen molar-refractivity contribution in [3.05, 3.63) is 10.6 Å². The first-order valence-electron chi connectivity index (χ1n) is 3.78. The summed E-state index contributed by atoms with van der Waals surface area (Å²) >= 11 is 5.10. The van der Waals surface area contributed by atoms with Gasteiger partial charge in [0, 0.05) is 27.1 Å². The van der Waals surface area contributed by atoms with Gasteiger partial charge in [-0.2, -0.15) is 16.7 Å². The van der Waals surface area contributed by atoms with Crippen LogP contribution >= 0.6 is 27.7 Å². The summed E-state index contributed by atoms with van der Waals surface area (Å²) in [5, 5.41) is 3.92. The van der Waals surface area contributed by atoms with E-state index in [2.05, 4.69) is 33.0 Å². The molecule has 2 heterocycles. The summed E-state index contributed by atoms with van der Waals surface area (Å²) < 4.78 is 4.89. The van der Waals surface area contributed by atoms with Crippen LogP contribution in [0.5, 0.6) is 0 Å². The summed E-state index contributed by atoms with van der Waals surface area (Å²) in [6.45, 7) is 2.18. The molecule has 1 aliphatic rings. The van der Waals surface area contributed by atoms with Crippen molar-refractivity contribution in [1.82, 2.24) is 10.1 Å². The van der Waals surface area contributed by atoms with Crippen molar-refractivity contribution < 1.29 is 4.52 Å². The molecule has 1 aromatic heterocycles. The van der Waals surface area contributed by atoms with E-state index in [9.17, 15) is 0 Å². The van der Waals surface area contributed by atoms with Crippen molar-refractivity contribution in [2.75, 3.05) is 11.5 Å². The van der Waals surface area contributed by atoms with Crippen molar-refractivity contribution in [2.24, 2.45) is 0 Å². The van der Waals surface area contributed by atoms with Crippen molar-refractivity contribution in [3.63, 3.8) is 0 Å². The molecule has 1 unspecified atom stereocenters. The minimum atomic E-state index is 0.125. The monoisotopic (exact) mass is 248 g/mol. The van der Waals surface area contributed by atoms with Gasteiger partial charge in [-0.3, -0.25) is 0 Å². The van der Waals surface area contributed by atoms with Gasteiger partial charge in [-0.05, 0) is 12.2 Å². The smallest absolute Gasteiger partial charge is 0.293 e.